The van der Waals surface area contributed by atoms with Crippen molar-refractivity contribution in [1.29, 1.82) is 0 Å². The minimum atomic E-state index is -0.842. The van der Waals surface area contributed by atoms with Gasteiger partial charge in [0, 0.05) is 13.0 Å². The Morgan fingerprint density at radius 1 is 1.29 bits per heavy atom. The van der Waals surface area contributed by atoms with Crippen LogP contribution in [0.1, 0.15) is 45.4 Å². The molecule has 17 heavy (non-hydrogen) atoms. The van der Waals surface area contributed by atoms with Crippen molar-refractivity contribution in [2.75, 3.05) is 6.54 Å². The van der Waals surface area contributed by atoms with Crippen LogP contribution in [0.15, 0.2) is 17.1 Å². The molecular formula is C12H20NNaO3. The molecule has 0 bridgehead atoms. The Labute approximate surface area is 125 Å². The molecule has 0 radical (unpaired) electrons. The van der Waals surface area contributed by atoms with E-state index in [9.17, 15) is 9.90 Å². The molecule has 0 aromatic carbocycles. The Balaban J connectivity index is 0. The summed E-state index contributed by atoms with van der Waals surface area (Å²) in [6.07, 6.45) is 7.88. The second-order valence-corrected chi connectivity index (χ2v) is 3.57. The summed E-state index contributed by atoms with van der Waals surface area (Å²) in [6.45, 7) is 2.43. The second-order valence-electron chi connectivity index (χ2n) is 3.57. The molecule has 1 N–H and O–H groups in total. The fraction of sp³-hybridized carbons (Fsp3) is 0.667. The van der Waals surface area contributed by atoms with Gasteiger partial charge in [-0.1, -0.05) is 25.5 Å². The Morgan fingerprint density at radius 2 is 1.94 bits per heavy atom. The zero-order valence-corrected chi connectivity index (χ0v) is 12.8. The topological polar surface area (TPSA) is 72.7 Å². The molecule has 0 rings (SSSR count). The number of allylic oxidation sites excluding steroid dienone is 2. The minimum Gasteiger partial charge on any atom is -0.862 e. The van der Waals surface area contributed by atoms with Gasteiger partial charge in [-0.25, -0.2) is 0 Å². The number of carboxylic acid groups (broad SMARTS) is 1. The zero-order chi connectivity index (χ0) is 12.2. The summed E-state index contributed by atoms with van der Waals surface area (Å²) >= 11 is 0. The normalized spacial score (nSPS) is 11.5. The quantitative estimate of drug-likeness (QED) is 0.182. The van der Waals surface area contributed by atoms with Crippen LogP contribution in [0.2, 0.25) is 0 Å². The van der Waals surface area contributed by atoms with Crippen LogP contribution in [-0.4, -0.2) is 23.5 Å². The van der Waals surface area contributed by atoms with Gasteiger partial charge in [-0.2, -0.15) is 0 Å². The first-order chi connectivity index (χ1) is 7.66. The molecule has 0 unspecified atom stereocenters. The van der Waals surface area contributed by atoms with E-state index in [2.05, 4.69) is 18.0 Å². The number of aliphatic carboxylic acids is 1. The minimum absolute atomic E-state index is 0. The molecule has 92 valence electrons. The monoisotopic (exact) mass is 249 g/mol. The van der Waals surface area contributed by atoms with Gasteiger partial charge < -0.3 is 15.2 Å². The van der Waals surface area contributed by atoms with E-state index < -0.39 is 5.97 Å². The number of rotatable bonds is 9. The van der Waals surface area contributed by atoms with Crippen molar-refractivity contribution in [2.45, 2.75) is 45.4 Å². The van der Waals surface area contributed by atoms with Crippen LogP contribution in [0.3, 0.4) is 0 Å². The third kappa shape index (κ3) is 15.7. The standard InChI is InChI=1S/C12H21NO3.Na/c1-2-3-4-5-6-8-11(14)13-10-7-9-12(15)16;/h4-5H,2-3,6-10H2,1H3,(H,13,14)(H,15,16);/q;+1/p-1/b5-4+;. The SMILES string of the molecule is CCC/C=C/CCC([O-])=NCCCC(=O)O.[Na+]. The summed E-state index contributed by atoms with van der Waals surface area (Å²) in [6, 6.07) is 0. The first-order valence-electron chi connectivity index (χ1n) is 5.74. The molecular weight excluding hydrogens is 229 g/mol. The fourth-order valence-corrected chi connectivity index (χ4v) is 1.12. The Kier molecular flexibility index (Phi) is 15.4. The summed E-state index contributed by atoms with van der Waals surface area (Å²) < 4.78 is 0. The van der Waals surface area contributed by atoms with Crippen LogP contribution in [0, 0.1) is 0 Å². The van der Waals surface area contributed by atoms with Crippen molar-refractivity contribution in [3.05, 3.63) is 12.2 Å². The van der Waals surface area contributed by atoms with Crippen molar-refractivity contribution in [3.63, 3.8) is 0 Å². The molecule has 4 nitrogen and oxygen atoms in total. The van der Waals surface area contributed by atoms with Crippen LogP contribution in [0.5, 0.6) is 0 Å². The Bertz CT molecular complexity index is 252. The number of nitrogens with zero attached hydrogens (tertiary/aromatic N) is 1. The summed E-state index contributed by atoms with van der Waals surface area (Å²) in [5.41, 5.74) is 0. The average molecular weight is 249 g/mol. The van der Waals surface area contributed by atoms with E-state index in [-0.39, 0.29) is 41.9 Å². The molecule has 0 fully saturated rings. The van der Waals surface area contributed by atoms with Crippen LogP contribution in [0.25, 0.3) is 0 Å². The summed E-state index contributed by atoms with van der Waals surface area (Å²) in [4.78, 5) is 14.0. The number of aliphatic imine (C=N–C) groups is 1. The molecule has 5 heteroatoms. The van der Waals surface area contributed by atoms with Crippen molar-refractivity contribution in [1.82, 2.24) is 0 Å². The van der Waals surface area contributed by atoms with Crippen molar-refractivity contribution in [3.8, 4) is 0 Å². The predicted octanol–water partition coefficient (Wildman–Crippen LogP) is -1.25. The van der Waals surface area contributed by atoms with Crippen molar-refractivity contribution < 1.29 is 44.6 Å². The molecule has 0 aliphatic rings. The maximum atomic E-state index is 11.2. The molecule has 0 spiro atoms. The van der Waals surface area contributed by atoms with Crippen LogP contribution < -0.4 is 34.7 Å². The van der Waals surface area contributed by atoms with Crippen molar-refractivity contribution in [2.24, 2.45) is 4.99 Å². The molecule has 0 aliphatic heterocycles. The predicted molar refractivity (Wildman–Crippen MR) is 62.5 cm³/mol. The third-order valence-corrected chi connectivity index (χ3v) is 1.98. The fourth-order valence-electron chi connectivity index (χ4n) is 1.12. The van der Waals surface area contributed by atoms with Gasteiger partial charge in [-0.3, -0.25) is 4.79 Å². The molecule has 0 aliphatic carbocycles. The molecule has 0 amide bonds. The smallest absolute Gasteiger partial charge is 0.862 e. The van der Waals surface area contributed by atoms with E-state index in [4.69, 9.17) is 5.11 Å². The van der Waals surface area contributed by atoms with Gasteiger partial charge in [0.15, 0.2) is 0 Å². The van der Waals surface area contributed by atoms with E-state index in [0.29, 0.717) is 19.4 Å². The third-order valence-electron chi connectivity index (χ3n) is 1.98. The number of unbranched alkanes of at least 4 members (excludes halogenated alkanes) is 1. The number of hydrogen-bond acceptors (Lipinski definition) is 3. The molecule has 0 saturated heterocycles. The average Bonchev–Trinajstić information content (AvgIpc) is 2.24. The van der Waals surface area contributed by atoms with Gasteiger partial charge in [0.2, 0.25) is 0 Å². The largest absolute Gasteiger partial charge is 1.00 e. The Hall–Kier alpha value is -0.320. The van der Waals surface area contributed by atoms with E-state index in [0.717, 1.165) is 19.3 Å². The van der Waals surface area contributed by atoms with E-state index in [1.54, 1.807) is 0 Å². The van der Waals surface area contributed by atoms with Gasteiger partial charge in [-0.05, 0) is 31.6 Å². The molecule has 0 aromatic rings. The first-order valence-corrected chi connectivity index (χ1v) is 5.74. The molecule has 0 atom stereocenters. The maximum absolute atomic E-state index is 11.2. The number of hydrogen-bond donors (Lipinski definition) is 1. The van der Waals surface area contributed by atoms with E-state index >= 15 is 0 Å². The van der Waals surface area contributed by atoms with E-state index in [1.165, 1.54) is 0 Å². The van der Waals surface area contributed by atoms with Crippen LogP contribution >= 0.6 is 0 Å². The summed E-state index contributed by atoms with van der Waals surface area (Å²) in [5, 5.41) is 19.5. The summed E-state index contributed by atoms with van der Waals surface area (Å²) in [7, 11) is 0. The van der Waals surface area contributed by atoms with E-state index in [1.807, 2.05) is 6.08 Å². The van der Waals surface area contributed by atoms with Crippen LogP contribution in [0.4, 0.5) is 0 Å². The zero-order valence-electron chi connectivity index (χ0n) is 10.8. The summed E-state index contributed by atoms with van der Waals surface area (Å²) in [5.74, 6) is -0.975. The van der Waals surface area contributed by atoms with Gasteiger partial charge in [-0.15, -0.1) is 0 Å². The Morgan fingerprint density at radius 3 is 2.53 bits per heavy atom. The van der Waals surface area contributed by atoms with Crippen molar-refractivity contribution >= 4 is 11.9 Å². The molecule has 0 aromatic heterocycles. The number of carboxylic acids is 1. The first kappa shape index (κ1) is 19.0. The van der Waals surface area contributed by atoms with Gasteiger partial charge in [0.05, 0.1) is 0 Å². The van der Waals surface area contributed by atoms with Gasteiger partial charge in [0.1, 0.15) is 0 Å². The van der Waals surface area contributed by atoms with Gasteiger partial charge >= 0.3 is 35.5 Å². The number of carbonyl (C=O) groups is 1. The maximum Gasteiger partial charge on any atom is 1.00 e. The molecule has 0 saturated carbocycles. The molecule has 0 heterocycles. The van der Waals surface area contributed by atoms with Crippen LogP contribution in [-0.2, 0) is 4.79 Å². The van der Waals surface area contributed by atoms with Gasteiger partial charge in [0.25, 0.3) is 0 Å². The second kappa shape index (κ2) is 13.7.